The van der Waals surface area contributed by atoms with Gasteiger partial charge in [-0.15, -0.1) is 0 Å². The molecule has 0 radical (unpaired) electrons. The summed E-state index contributed by atoms with van der Waals surface area (Å²) in [6, 6.07) is -1.34. The van der Waals surface area contributed by atoms with E-state index in [-0.39, 0.29) is 25.2 Å². The summed E-state index contributed by atoms with van der Waals surface area (Å²) in [6.45, 7) is 7.65. The van der Waals surface area contributed by atoms with Crippen LogP contribution in [0.5, 0.6) is 0 Å². The van der Waals surface area contributed by atoms with E-state index in [9.17, 15) is 24.6 Å². The standard InChI is InChI=1S/C20H38BN3O8/c1-18(2,3)32-17(28)24-14(19(4,5)29)15(25)23-11-13-7-6-12(8-9-21(30)31)10-20(13,22)16(26)27/h12-14,29-31H,6-11,22H2,1-5H3,(H,23,25)(H,24,28)(H,26,27)/t12-,13-,14+,20+/m0/s1. The van der Waals surface area contributed by atoms with Crippen LogP contribution in [0.3, 0.4) is 0 Å². The van der Waals surface area contributed by atoms with Crippen molar-refractivity contribution in [1.82, 2.24) is 10.6 Å². The minimum atomic E-state index is -1.61. The number of nitrogens with two attached hydrogens (primary N) is 1. The fourth-order valence-corrected chi connectivity index (χ4v) is 3.93. The molecule has 0 aromatic rings. The Labute approximate surface area is 189 Å². The van der Waals surface area contributed by atoms with Crippen LogP contribution in [-0.4, -0.2) is 74.7 Å². The minimum Gasteiger partial charge on any atom is -0.480 e. The number of amides is 2. The van der Waals surface area contributed by atoms with E-state index in [0.29, 0.717) is 19.3 Å². The normalized spacial score (nSPS) is 24.9. The lowest BCUT2D eigenvalue weighted by molar-refractivity contribution is -0.148. The Balaban J connectivity index is 2.83. The highest BCUT2D eigenvalue weighted by Crippen LogP contribution is 2.38. The summed E-state index contributed by atoms with van der Waals surface area (Å²) in [6.07, 6.45) is 0.882. The highest BCUT2D eigenvalue weighted by atomic mass is 16.6. The zero-order valence-electron chi connectivity index (χ0n) is 19.6. The van der Waals surface area contributed by atoms with Gasteiger partial charge in [-0.2, -0.15) is 0 Å². The zero-order valence-corrected chi connectivity index (χ0v) is 19.6. The van der Waals surface area contributed by atoms with Gasteiger partial charge in [0.1, 0.15) is 17.2 Å². The number of carboxylic acid groups (broad SMARTS) is 1. The second-order valence-corrected chi connectivity index (χ2v) is 10.2. The van der Waals surface area contributed by atoms with Gasteiger partial charge in [-0.05, 0) is 66.1 Å². The van der Waals surface area contributed by atoms with Gasteiger partial charge < -0.3 is 41.4 Å². The van der Waals surface area contributed by atoms with E-state index >= 15 is 0 Å². The van der Waals surface area contributed by atoms with Crippen molar-refractivity contribution in [2.75, 3.05) is 6.54 Å². The molecule has 1 aliphatic rings. The summed E-state index contributed by atoms with van der Waals surface area (Å²) in [4.78, 5) is 36.8. The SMILES string of the molecule is CC(C)(C)OC(=O)N[C@H](C(=O)NC[C@@H]1CC[C@@H](CCB(O)O)C[C@]1(N)C(=O)O)C(C)(C)O. The number of aliphatic carboxylic acids is 1. The largest absolute Gasteiger partial charge is 0.480 e. The molecule has 2 amide bonds. The third-order valence-corrected chi connectivity index (χ3v) is 5.66. The van der Waals surface area contributed by atoms with E-state index in [0.717, 1.165) is 0 Å². The number of carbonyl (C=O) groups is 3. The average molecular weight is 459 g/mol. The highest BCUT2D eigenvalue weighted by molar-refractivity contribution is 6.40. The second kappa shape index (κ2) is 10.8. The van der Waals surface area contributed by atoms with Gasteiger partial charge in [-0.1, -0.05) is 6.42 Å². The van der Waals surface area contributed by atoms with Crippen molar-refractivity contribution in [2.24, 2.45) is 17.6 Å². The van der Waals surface area contributed by atoms with Crippen LogP contribution in [-0.2, 0) is 14.3 Å². The summed E-state index contributed by atoms with van der Waals surface area (Å²) in [5, 5.41) is 43.2. The van der Waals surface area contributed by atoms with Crippen molar-refractivity contribution in [3.8, 4) is 0 Å². The minimum absolute atomic E-state index is 0.0560. The maximum absolute atomic E-state index is 12.8. The van der Waals surface area contributed by atoms with Crippen molar-refractivity contribution < 1.29 is 39.4 Å². The number of nitrogens with one attached hydrogen (secondary N) is 2. The van der Waals surface area contributed by atoms with Crippen LogP contribution in [0.4, 0.5) is 4.79 Å². The van der Waals surface area contributed by atoms with Crippen molar-refractivity contribution >= 4 is 25.1 Å². The lowest BCUT2D eigenvalue weighted by atomic mass is 9.66. The Morgan fingerprint density at radius 3 is 2.25 bits per heavy atom. The first kappa shape index (κ1) is 28.1. The van der Waals surface area contributed by atoms with Gasteiger partial charge in [-0.3, -0.25) is 9.59 Å². The van der Waals surface area contributed by atoms with Gasteiger partial charge in [0.2, 0.25) is 5.91 Å². The van der Waals surface area contributed by atoms with Gasteiger partial charge in [0, 0.05) is 12.5 Å². The molecule has 0 heterocycles. The fourth-order valence-electron chi connectivity index (χ4n) is 3.93. The number of hydrogen-bond donors (Lipinski definition) is 7. The predicted octanol–water partition coefficient (Wildman–Crippen LogP) is -0.172. The second-order valence-electron chi connectivity index (χ2n) is 10.2. The van der Waals surface area contributed by atoms with Crippen molar-refractivity contribution in [2.45, 2.75) is 89.4 Å². The van der Waals surface area contributed by atoms with Crippen LogP contribution < -0.4 is 16.4 Å². The van der Waals surface area contributed by atoms with Crippen molar-refractivity contribution in [3.63, 3.8) is 0 Å². The molecule has 11 nitrogen and oxygen atoms in total. The summed E-state index contributed by atoms with van der Waals surface area (Å²) in [5.74, 6) is -2.55. The molecule has 0 aromatic carbocycles. The summed E-state index contributed by atoms with van der Waals surface area (Å²) >= 11 is 0. The Morgan fingerprint density at radius 2 is 1.78 bits per heavy atom. The van der Waals surface area contributed by atoms with E-state index in [2.05, 4.69) is 10.6 Å². The van der Waals surface area contributed by atoms with Crippen molar-refractivity contribution in [1.29, 1.82) is 0 Å². The maximum atomic E-state index is 12.8. The summed E-state index contributed by atoms with van der Waals surface area (Å²) in [5.41, 5.74) is 2.22. The van der Waals surface area contributed by atoms with Gasteiger partial charge in [0.15, 0.2) is 0 Å². The lowest BCUT2D eigenvalue weighted by Gasteiger charge is -2.42. The van der Waals surface area contributed by atoms with Crippen LogP contribution >= 0.6 is 0 Å². The monoisotopic (exact) mass is 459 g/mol. The number of hydrogen-bond acceptors (Lipinski definition) is 8. The molecule has 1 rings (SSSR count). The molecule has 12 heteroatoms. The van der Waals surface area contributed by atoms with Gasteiger partial charge in [0.25, 0.3) is 0 Å². The Hall–Kier alpha value is -1.89. The van der Waals surface area contributed by atoms with Crippen LogP contribution in [0, 0.1) is 11.8 Å². The van der Waals surface area contributed by atoms with Crippen LogP contribution in [0.15, 0.2) is 0 Å². The topological polar surface area (TPSA) is 191 Å². The smallest absolute Gasteiger partial charge is 0.451 e. The van der Waals surface area contributed by atoms with E-state index in [1.165, 1.54) is 13.8 Å². The first-order valence-corrected chi connectivity index (χ1v) is 10.8. The Bertz CT molecular complexity index is 677. The molecular weight excluding hydrogens is 421 g/mol. The molecule has 4 atom stereocenters. The van der Waals surface area contributed by atoms with Crippen LogP contribution in [0.25, 0.3) is 0 Å². The quantitative estimate of drug-likeness (QED) is 0.229. The van der Waals surface area contributed by atoms with Gasteiger partial charge in [-0.25, -0.2) is 4.79 Å². The number of aliphatic hydroxyl groups is 1. The Kier molecular flexibility index (Phi) is 9.52. The molecule has 0 unspecified atom stereocenters. The third-order valence-electron chi connectivity index (χ3n) is 5.66. The summed E-state index contributed by atoms with van der Waals surface area (Å²) < 4.78 is 5.15. The Morgan fingerprint density at radius 1 is 1.19 bits per heavy atom. The highest BCUT2D eigenvalue weighted by Gasteiger charge is 2.47. The molecule has 8 N–H and O–H groups in total. The fraction of sp³-hybridized carbons (Fsp3) is 0.850. The molecule has 1 fully saturated rings. The van der Waals surface area contributed by atoms with E-state index in [1.807, 2.05) is 0 Å². The molecule has 0 saturated heterocycles. The molecule has 0 bridgehead atoms. The first-order chi connectivity index (χ1) is 14.5. The van der Waals surface area contributed by atoms with Crippen LogP contribution in [0.1, 0.15) is 60.3 Å². The maximum Gasteiger partial charge on any atom is 0.451 e. The molecular formula is C20H38BN3O8. The third kappa shape index (κ3) is 8.57. The number of rotatable bonds is 9. The lowest BCUT2D eigenvalue weighted by Crippen LogP contribution is -2.62. The number of carboxylic acids is 1. The van der Waals surface area contributed by atoms with E-state index in [1.54, 1.807) is 20.8 Å². The first-order valence-electron chi connectivity index (χ1n) is 10.8. The molecule has 0 spiro atoms. The van der Waals surface area contributed by atoms with Crippen molar-refractivity contribution in [3.05, 3.63) is 0 Å². The summed E-state index contributed by atoms with van der Waals surface area (Å²) in [7, 11) is -1.46. The van der Waals surface area contributed by atoms with Crippen LogP contribution in [0.2, 0.25) is 6.32 Å². The molecule has 0 aliphatic heterocycles. The molecule has 1 aliphatic carbocycles. The zero-order chi connectivity index (χ0) is 24.9. The molecule has 32 heavy (non-hydrogen) atoms. The van der Waals surface area contributed by atoms with Gasteiger partial charge >= 0.3 is 19.2 Å². The molecule has 184 valence electrons. The van der Waals surface area contributed by atoms with E-state index in [4.69, 9.17) is 20.5 Å². The average Bonchev–Trinajstić information content (AvgIpc) is 2.60. The number of alkyl carbamates (subject to hydrolysis) is 1. The van der Waals surface area contributed by atoms with E-state index < -0.39 is 53.8 Å². The number of ether oxygens (including phenoxy) is 1. The molecule has 1 saturated carbocycles. The van der Waals surface area contributed by atoms with Gasteiger partial charge in [0.05, 0.1) is 5.60 Å². The predicted molar refractivity (Wildman–Crippen MR) is 117 cm³/mol. The molecule has 0 aromatic heterocycles. The number of carbonyl (C=O) groups excluding carboxylic acids is 2.